The van der Waals surface area contributed by atoms with E-state index in [1.54, 1.807) is 19.1 Å². The first-order chi connectivity index (χ1) is 10.1. The average Bonchev–Trinajstić information content (AvgIpc) is 2.37. The van der Waals surface area contributed by atoms with Crippen LogP contribution in [0.2, 0.25) is 0 Å². The van der Waals surface area contributed by atoms with Gasteiger partial charge in [0.1, 0.15) is 0 Å². The van der Waals surface area contributed by atoms with Crippen molar-refractivity contribution in [3.63, 3.8) is 0 Å². The maximum atomic E-state index is 12.2. The van der Waals surface area contributed by atoms with Crippen LogP contribution in [0.4, 0.5) is 0 Å². The van der Waals surface area contributed by atoms with Crippen LogP contribution in [0.15, 0.2) is 23.1 Å². The molecule has 0 saturated carbocycles. The molecule has 0 fully saturated rings. The fourth-order valence-electron chi connectivity index (χ4n) is 1.97. The molecule has 1 atom stereocenters. The van der Waals surface area contributed by atoms with Crippen LogP contribution in [0.1, 0.15) is 38.3 Å². The summed E-state index contributed by atoms with van der Waals surface area (Å²) in [5.74, 6) is 0.195. The first-order valence-electron chi connectivity index (χ1n) is 7.49. The normalized spacial score (nSPS) is 13.2. The summed E-state index contributed by atoms with van der Waals surface area (Å²) < 4.78 is 26.9. The fraction of sp³-hybridized carbons (Fsp3) is 0.562. The molecule has 0 aromatic heterocycles. The van der Waals surface area contributed by atoms with Crippen molar-refractivity contribution in [1.29, 1.82) is 0 Å². The number of rotatable bonds is 7. The Morgan fingerprint density at radius 2 is 1.82 bits per heavy atom. The van der Waals surface area contributed by atoms with E-state index >= 15 is 0 Å². The summed E-state index contributed by atoms with van der Waals surface area (Å²) in [5, 5.41) is 2.85. The summed E-state index contributed by atoms with van der Waals surface area (Å²) in [7, 11) is -3.58. The highest BCUT2D eigenvalue weighted by Crippen LogP contribution is 2.16. The molecule has 1 aromatic rings. The fourth-order valence-corrected chi connectivity index (χ4v) is 3.23. The molecule has 5 nitrogen and oxygen atoms in total. The molecular formula is C16H26N2O3S. The molecule has 0 spiro atoms. The summed E-state index contributed by atoms with van der Waals surface area (Å²) in [4.78, 5) is 12.0. The number of benzene rings is 1. The number of amides is 1. The zero-order valence-electron chi connectivity index (χ0n) is 13.9. The molecule has 1 amide bonds. The van der Waals surface area contributed by atoms with Crippen molar-refractivity contribution in [1.82, 2.24) is 10.0 Å². The number of carbonyl (C=O) groups is 1. The van der Waals surface area contributed by atoms with E-state index in [2.05, 4.69) is 10.0 Å². The van der Waals surface area contributed by atoms with Crippen LogP contribution in [0.5, 0.6) is 0 Å². The molecule has 6 heteroatoms. The van der Waals surface area contributed by atoms with Gasteiger partial charge in [-0.2, -0.15) is 0 Å². The molecule has 0 radical (unpaired) electrons. The molecule has 0 saturated heterocycles. The zero-order chi connectivity index (χ0) is 16.9. The standard InChI is InChI=1S/C16H26N2O3S/c1-11(2)14(5)18-16(19)8-9-17-22(20,21)15-7-6-12(3)10-13(15)4/h6-7,10-11,14,17H,8-9H2,1-5H3,(H,18,19). The van der Waals surface area contributed by atoms with Crippen LogP contribution < -0.4 is 10.0 Å². The predicted octanol–water partition coefficient (Wildman–Crippen LogP) is 2.13. The molecule has 1 aromatic carbocycles. The first-order valence-corrected chi connectivity index (χ1v) is 8.98. The molecule has 0 bridgehead atoms. The summed E-state index contributed by atoms with van der Waals surface area (Å²) in [6.07, 6.45) is 0.126. The van der Waals surface area contributed by atoms with Gasteiger partial charge in [-0.25, -0.2) is 13.1 Å². The lowest BCUT2D eigenvalue weighted by Gasteiger charge is -2.17. The Bertz CT molecular complexity index is 624. The van der Waals surface area contributed by atoms with Crippen molar-refractivity contribution in [3.05, 3.63) is 29.3 Å². The van der Waals surface area contributed by atoms with Crippen molar-refractivity contribution in [2.24, 2.45) is 5.92 Å². The molecule has 0 aliphatic carbocycles. The molecule has 2 N–H and O–H groups in total. The van der Waals surface area contributed by atoms with E-state index in [0.717, 1.165) is 5.56 Å². The van der Waals surface area contributed by atoms with E-state index in [1.807, 2.05) is 33.8 Å². The molecule has 0 aliphatic rings. The number of nitrogens with one attached hydrogen (secondary N) is 2. The molecule has 22 heavy (non-hydrogen) atoms. The van der Waals surface area contributed by atoms with Crippen molar-refractivity contribution >= 4 is 15.9 Å². The van der Waals surface area contributed by atoms with Gasteiger partial charge in [0.2, 0.25) is 15.9 Å². The van der Waals surface area contributed by atoms with Crippen LogP contribution in [0.25, 0.3) is 0 Å². The van der Waals surface area contributed by atoms with Gasteiger partial charge in [-0.15, -0.1) is 0 Å². The molecule has 0 heterocycles. The van der Waals surface area contributed by atoms with E-state index < -0.39 is 10.0 Å². The third-order valence-electron chi connectivity index (χ3n) is 3.65. The molecule has 0 aliphatic heterocycles. The molecular weight excluding hydrogens is 300 g/mol. The van der Waals surface area contributed by atoms with Gasteiger partial charge in [0.25, 0.3) is 0 Å². The Morgan fingerprint density at radius 1 is 1.18 bits per heavy atom. The maximum Gasteiger partial charge on any atom is 0.240 e. The maximum absolute atomic E-state index is 12.2. The van der Waals surface area contributed by atoms with E-state index in [9.17, 15) is 13.2 Å². The Balaban J connectivity index is 2.58. The second-order valence-corrected chi connectivity index (χ2v) is 7.75. The first kappa shape index (κ1) is 18.6. The lowest BCUT2D eigenvalue weighted by Crippen LogP contribution is -2.38. The Kier molecular flexibility index (Phi) is 6.56. The lowest BCUT2D eigenvalue weighted by molar-refractivity contribution is -0.121. The zero-order valence-corrected chi connectivity index (χ0v) is 14.8. The minimum atomic E-state index is -3.58. The van der Waals surface area contributed by atoms with Crippen molar-refractivity contribution < 1.29 is 13.2 Å². The van der Waals surface area contributed by atoms with E-state index in [1.165, 1.54) is 0 Å². The van der Waals surface area contributed by atoms with Crippen molar-refractivity contribution in [2.45, 2.75) is 52.0 Å². The van der Waals surface area contributed by atoms with Crippen molar-refractivity contribution in [2.75, 3.05) is 6.54 Å². The second kappa shape index (κ2) is 7.74. The lowest BCUT2D eigenvalue weighted by atomic mass is 10.1. The number of sulfonamides is 1. The van der Waals surface area contributed by atoms with Crippen LogP contribution in [-0.2, 0) is 14.8 Å². The van der Waals surface area contributed by atoms with Gasteiger partial charge in [-0.05, 0) is 38.3 Å². The van der Waals surface area contributed by atoms with Crippen LogP contribution in [0, 0.1) is 19.8 Å². The second-order valence-electron chi connectivity index (χ2n) is 6.02. The number of carbonyl (C=O) groups excluding carboxylic acids is 1. The van der Waals surface area contributed by atoms with Crippen molar-refractivity contribution in [3.8, 4) is 0 Å². The minimum Gasteiger partial charge on any atom is -0.353 e. The SMILES string of the molecule is Cc1ccc(S(=O)(=O)NCCC(=O)NC(C)C(C)C)c(C)c1. The highest BCUT2D eigenvalue weighted by atomic mass is 32.2. The Labute approximate surface area is 133 Å². The largest absolute Gasteiger partial charge is 0.353 e. The Morgan fingerprint density at radius 3 is 2.36 bits per heavy atom. The predicted molar refractivity (Wildman–Crippen MR) is 88.2 cm³/mol. The summed E-state index contributed by atoms with van der Waals surface area (Å²) in [6, 6.07) is 5.25. The van der Waals surface area contributed by atoms with Gasteiger partial charge in [-0.1, -0.05) is 31.5 Å². The smallest absolute Gasteiger partial charge is 0.240 e. The topological polar surface area (TPSA) is 75.3 Å². The number of hydrogen-bond donors (Lipinski definition) is 2. The van der Waals surface area contributed by atoms with Gasteiger partial charge < -0.3 is 5.32 Å². The summed E-state index contributed by atoms with van der Waals surface area (Å²) >= 11 is 0. The van der Waals surface area contributed by atoms with E-state index in [0.29, 0.717) is 11.5 Å². The van der Waals surface area contributed by atoms with Gasteiger partial charge in [0.15, 0.2) is 0 Å². The third-order valence-corrected chi connectivity index (χ3v) is 5.27. The third kappa shape index (κ3) is 5.42. The van der Waals surface area contributed by atoms with Crippen LogP contribution in [0.3, 0.4) is 0 Å². The summed E-state index contributed by atoms with van der Waals surface area (Å²) in [5.41, 5.74) is 1.71. The summed E-state index contributed by atoms with van der Waals surface area (Å²) in [6.45, 7) is 9.74. The number of aryl methyl sites for hydroxylation is 2. The van der Waals surface area contributed by atoms with E-state index in [-0.39, 0.29) is 29.8 Å². The highest BCUT2D eigenvalue weighted by Gasteiger charge is 2.17. The molecule has 1 rings (SSSR count). The van der Waals surface area contributed by atoms with Gasteiger partial charge in [-0.3, -0.25) is 4.79 Å². The Hall–Kier alpha value is -1.40. The highest BCUT2D eigenvalue weighted by molar-refractivity contribution is 7.89. The van der Waals surface area contributed by atoms with Crippen LogP contribution in [-0.4, -0.2) is 26.9 Å². The van der Waals surface area contributed by atoms with Gasteiger partial charge in [0, 0.05) is 19.0 Å². The number of hydrogen-bond acceptors (Lipinski definition) is 3. The van der Waals surface area contributed by atoms with Gasteiger partial charge >= 0.3 is 0 Å². The van der Waals surface area contributed by atoms with E-state index in [4.69, 9.17) is 0 Å². The molecule has 124 valence electrons. The van der Waals surface area contributed by atoms with Crippen LogP contribution >= 0.6 is 0 Å². The monoisotopic (exact) mass is 326 g/mol. The average molecular weight is 326 g/mol. The van der Waals surface area contributed by atoms with Gasteiger partial charge in [0.05, 0.1) is 4.90 Å². The molecule has 1 unspecified atom stereocenters. The quantitative estimate of drug-likeness (QED) is 0.806. The minimum absolute atomic E-state index is 0.0726.